The number of hydrogen-bond donors (Lipinski definition) is 1. The summed E-state index contributed by atoms with van der Waals surface area (Å²) in [5, 5.41) is 3.70. The van der Waals surface area contributed by atoms with Gasteiger partial charge in [0, 0.05) is 25.0 Å². The van der Waals surface area contributed by atoms with E-state index in [0.29, 0.717) is 6.04 Å². The van der Waals surface area contributed by atoms with E-state index in [1.807, 2.05) is 6.07 Å². The Bertz CT molecular complexity index is 372. The fourth-order valence-electron chi connectivity index (χ4n) is 3.08. The summed E-state index contributed by atoms with van der Waals surface area (Å²) in [6.45, 7) is 6.12. The van der Waals surface area contributed by atoms with Crippen LogP contribution in [0.25, 0.3) is 0 Å². The summed E-state index contributed by atoms with van der Waals surface area (Å²) in [6, 6.07) is 5.57. The molecule has 0 radical (unpaired) electrons. The van der Waals surface area contributed by atoms with E-state index in [1.165, 1.54) is 38.9 Å². The molecular weight excluding hydrogens is 236 g/mol. The first-order valence-corrected chi connectivity index (χ1v) is 7.81. The van der Waals surface area contributed by atoms with Crippen molar-refractivity contribution >= 4 is 0 Å². The van der Waals surface area contributed by atoms with Gasteiger partial charge in [-0.15, -0.1) is 0 Å². The molecule has 1 aromatic heterocycles. The zero-order valence-corrected chi connectivity index (χ0v) is 12.0. The minimum Gasteiger partial charge on any atom is -0.469 e. The molecule has 1 saturated heterocycles. The Morgan fingerprint density at radius 3 is 3.05 bits per heavy atom. The fraction of sp³-hybridized carbons (Fsp3) is 0.750. The van der Waals surface area contributed by atoms with Crippen LogP contribution in [0.1, 0.15) is 38.4 Å². The predicted molar refractivity (Wildman–Crippen MR) is 77.2 cm³/mol. The molecule has 1 aliphatic carbocycles. The maximum absolute atomic E-state index is 5.37. The van der Waals surface area contributed by atoms with E-state index < -0.39 is 0 Å². The Balaban J connectivity index is 1.31. The normalized spacial score (nSPS) is 25.8. The van der Waals surface area contributed by atoms with Gasteiger partial charge in [-0.05, 0) is 63.7 Å². The van der Waals surface area contributed by atoms with E-state index in [4.69, 9.17) is 4.42 Å². The summed E-state index contributed by atoms with van der Waals surface area (Å²) in [5.74, 6) is 1.97. The second-order valence-electron chi connectivity index (χ2n) is 6.31. The quantitative estimate of drug-likeness (QED) is 0.819. The molecule has 106 valence electrons. The van der Waals surface area contributed by atoms with Gasteiger partial charge < -0.3 is 14.6 Å². The van der Waals surface area contributed by atoms with Crippen LogP contribution in [0, 0.1) is 5.92 Å². The van der Waals surface area contributed by atoms with Crippen molar-refractivity contribution < 1.29 is 4.42 Å². The van der Waals surface area contributed by atoms with Gasteiger partial charge in [-0.1, -0.05) is 0 Å². The van der Waals surface area contributed by atoms with Crippen LogP contribution >= 0.6 is 0 Å². The van der Waals surface area contributed by atoms with Crippen molar-refractivity contribution in [2.24, 2.45) is 5.92 Å². The van der Waals surface area contributed by atoms with Gasteiger partial charge in [-0.2, -0.15) is 0 Å². The first-order valence-electron chi connectivity index (χ1n) is 7.81. The number of furan rings is 1. The molecule has 1 aliphatic heterocycles. The molecule has 0 amide bonds. The number of aryl methyl sites for hydroxylation is 1. The van der Waals surface area contributed by atoms with Crippen molar-refractivity contribution in [3.05, 3.63) is 24.2 Å². The van der Waals surface area contributed by atoms with Crippen LogP contribution in [0.15, 0.2) is 22.8 Å². The third-order valence-corrected chi connectivity index (χ3v) is 4.54. The summed E-state index contributed by atoms with van der Waals surface area (Å²) < 4.78 is 5.37. The van der Waals surface area contributed by atoms with Gasteiger partial charge in [0.1, 0.15) is 5.76 Å². The van der Waals surface area contributed by atoms with Gasteiger partial charge in [0.25, 0.3) is 0 Å². The first kappa shape index (κ1) is 13.2. The summed E-state index contributed by atoms with van der Waals surface area (Å²) in [7, 11) is 0. The van der Waals surface area contributed by atoms with Crippen LogP contribution in [0.2, 0.25) is 0 Å². The summed E-state index contributed by atoms with van der Waals surface area (Å²) in [5.41, 5.74) is 0. The van der Waals surface area contributed by atoms with Crippen LogP contribution in [-0.4, -0.2) is 36.6 Å². The van der Waals surface area contributed by atoms with Crippen molar-refractivity contribution in [3.8, 4) is 0 Å². The summed E-state index contributed by atoms with van der Waals surface area (Å²) in [4.78, 5) is 2.69. The Kier molecular flexibility index (Phi) is 4.24. The smallest absolute Gasteiger partial charge is 0.103 e. The molecule has 3 heteroatoms. The molecule has 19 heavy (non-hydrogen) atoms. The molecule has 3 rings (SSSR count). The monoisotopic (exact) mass is 262 g/mol. The molecule has 2 aliphatic rings. The fourth-order valence-corrected chi connectivity index (χ4v) is 3.08. The van der Waals surface area contributed by atoms with Crippen LogP contribution < -0.4 is 5.32 Å². The first-order chi connectivity index (χ1) is 9.31. The minimum absolute atomic E-state index is 0.583. The average molecular weight is 262 g/mol. The highest BCUT2D eigenvalue weighted by molar-refractivity contribution is 4.98. The van der Waals surface area contributed by atoms with Crippen molar-refractivity contribution in [3.63, 3.8) is 0 Å². The lowest BCUT2D eigenvalue weighted by Crippen LogP contribution is -2.33. The maximum Gasteiger partial charge on any atom is 0.103 e. The Hall–Kier alpha value is -0.800. The van der Waals surface area contributed by atoms with Crippen LogP contribution in [-0.2, 0) is 6.42 Å². The molecule has 2 atom stereocenters. The topological polar surface area (TPSA) is 28.4 Å². The molecule has 1 saturated carbocycles. The van der Waals surface area contributed by atoms with E-state index in [1.54, 1.807) is 6.26 Å². The lowest BCUT2D eigenvalue weighted by Gasteiger charge is -2.18. The van der Waals surface area contributed by atoms with Crippen molar-refractivity contribution in [1.29, 1.82) is 0 Å². The van der Waals surface area contributed by atoms with Crippen molar-refractivity contribution in [2.45, 2.75) is 51.1 Å². The van der Waals surface area contributed by atoms with E-state index in [-0.39, 0.29) is 0 Å². The summed E-state index contributed by atoms with van der Waals surface area (Å²) in [6.07, 6.45) is 8.23. The molecule has 2 unspecified atom stereocenters. The van der Waals surface area contributed by atoms with E-state index in [0.717, 1.165) is 30.6 Å². The zero-order chi connectivity index (χ0) is 13.1. The van der Waals surface area contributed by atoms with Crippen molar-refractivity contribution in [1.82, 2.24) is 10.2 Å². The molecular formula is C16H26N2O. The molecule has 0 bridgehead atoms. The lowest BCUT2D eigenvalue weighted by atomic mass is 10.1. The van der Waals surface area contributed by atoms with E-state index >= 15 is 0 Å². The summed E-state index contributed by atoms with van der Waals surface area (Å²) >= 11 is 0. The molecule has 0 spiro atoms. The Labute approximate surface area is 116 Å². The lowest BCUT2D eigenvalue weighted by molar-refractivity contribution is 0.309. The maximum atomic E-state index is 5.37. The third-order valence-electron chi connectivity index (χ3n) is 4.54. The van der Waals surface area contributed by atoms with Gasteiger partial charge in [0.2, 0.25) is 0 Å². The minimum atomic E-state index is 0.583. The Morgan fingerprint density at radius 1 is 1.42 bits per heavy atom. The third kappa shape index (κ3) is 3.83. The van der Waals surface area contributed by atoms with E-state index in [2.05, 4.69) is 23.2 Å². The standard InChI is InChI=1S/C16H26N2O/c1-13(4-7-16-3-2-10-19-16)17-11-14-8-9-18(12-14)15-5-6-15/h2-3,10,13-15,17H,4-9,11-12H2,1H3. The highest BCUT2D eigenvalue weighted by Gasteiger charge is 2.34. The molecule has 2 fully saturated rings. The number of rotatable bonds is 7. The highest BCUT2D eigenvalue weighted by atomic mass is 16.3. The number of nitrogens with zero attached hydrogens (tertiary/aromatic N) is 1. The highest BCUT2D eigenvalue weighted by Crippen LogP contribution is 2.31. The van der Waals surface area contributed by atoms with Gasteiger partial charge in [0.05, 0.1) is 6.26 Å². The second kappa shape index (κ2) is 6.10. The van der Waals surface area contributed by atoms with Gasteiger partial charge in [-0.25, -0.2) is 0 Å². The van der Waals surface area contributed by atoms with Gasteiger partial charge in [-0.3, -0.25) is 0 Å². The zero-order valence-electron chi connectivity index (χ0n) is 12.0. The van der Waals surface area contributed by atoms with Gasteiger partial charge >= 0.3 is 0 Å². The van der Waals surface area contributed by atoms with Gasteiger partial charge in [0.15, 0.2) is 0 Å². The Morgan fingerprint density at radius 2 is 2.32 bits per heavy atom. The van der Waals surface area contributed by atoms with Crippen LogP contribution in [0.3, 0.4) is 0 Å². The molecule has 2 heterocycles. The van der Waals surface area contributed by atoms with Crippen LogP contribution in [0.4, 0.5) is 0 Å². The molecule has 1 N–H and O–H groups in total. The molecule has 0 aromatic carbocycles. The van der Waals surface area contributed by atoms with Crippen LogP contribution in [0.5, 0.6) is 0 Å². The molecule has 3 nitrogen and oxygen atoms in total. The average Bonchev–Trinajstić information content (AvgIpc) is 2.95. The number of likely N-dealkylation sites (tertiary alicyclic amines) is 1. The van der Waals surface area contributed by atoms with E-state index in [9.17, 15) is 0 Å². The largest absolute Gasteiger partial charge is 0.469 e. The number of nitrogens with one attached hydrogen (secondary N) is 1. The second-order valence-corrected chi connectivity index (χ2v) is 6.31. The van der Waals surface area contributed by atoms with Crippen molar-refractivity contribution in [2.75, 3.05) is 19.6 Å². The molecule has 1 aromatic rings. The SMILES string of the molecule is CC(CCc1ccco1)NCC1CCN(C2CC2)C1. The predicted octanol–water partition coefficient (Wildman–Crippen LogP) is 2.67. The number of hydrogen-bond acceptors (Lipinski definition) is 3.